The summed E-state index contributed by atoms with van der Waals surface area (Å²) in [6.45, 7) is 4.26. The molecule has 4 rings (SSSR count). The lowest BCUT2D eigenvalue weighted by atomic mass is 10.2. The van der Waals surface area contributed by atoms with Crippen LogP contribution in [0.2, 0.25) is 0 Å². The normalized spacial score (nSPS) is 13.9. The highest BCUT2D eigenvalue weighted by atomic mass is 32.1. The van der Waals surface area contributed by atoms with Crippen molar-refractivity contribution < 1.29 is 0 Å². The molecule has 0 bridgehead atoms. The second-order valence-corrected chi connectivity index (χ2v) is 7.34. The van der Waals surface area contributed by atoms with Crippen molar-refractivity contribution in [1.29, 1.82) is 0 Å². The number of aromatic nitrogens is 3. The van der Waals surface area contributed by atoms with E-state index in [2.05, 4.69) is 34.1 Å². The maximum absolute atomic E-state index is 4.68. The van der Waals surface area contributed by atoms with E-state index < -0.39 is 0 Å². The molecule has 3 aromatic heterocycles. The van der Waals surface area contributed by atoms with E-state index in [1.807, 2.05) is 0 Å². The Hall–Kier alpha value is -1.53. The van der Waals surface area contributed by atoms with Crippen LogP contribution in [0.5, 0.6) is 0 Å². The fourth-order valence-electron chi connectivity index (χ4n) is 2.62. The van der Waals surface area contributed by atoms with Gasteiger partial charge in [-0.3, -0.25) is 0 Å². The van der Waals surface area contributed by atoms with Gasteiger partial charge in [0.15, 0.2) is 5.13 Å². The number of hydrogen-bond acceptors (Lipinski definition) is 6. The summed E-state index contributed by atoms with van der Waals surface area (Å²) in [4.78, 5) is 17.2. The van der Waals surface area contributed by atoms with Crippen LogP contribution >= 0.6 is 22.7 Å². The summed E-state index contributed by atoms with van der Waals surface area (Å²) in [5.74, 6) is 0.879. The van der Waals surface area contributed by atoms with Gasteiger partial charge >= 0.3 is 0 Å². The van der Waals surface area contributed by atoms with Gasteiger partial charge in [-0.05, 0) is 38.7 Å². The predicted octanol–water partition coefficient (Wildman–Crippen LogP) is 4.00. The topological polar surface area (TPSA) is 50.7 Å². The second-order valence-electron chi connectivity index (χ2n) is 5.05. The largest absolute Gasteiger partial charge is 0.316 e. The summed E-state index contributed by atoms with van der Waals surface area (Å²) < 4.78 is 0. The number of thiophene rings is 1. The molecule has 0 spiro atoms. The standard InChI is InChI=1S/C14H14N4S2/c1-7-8(2)19-13-11(7)12(15-6-16-13)18-14-17-9-4-3-5-10(9)20-14/h6H,3-5H2,1-2H3,(H,15,16,17,18). The summed E-state index contributed by atoms with van der Waals surface area (Å²) in [6.07, 6.45) is 5.16. The number of nitrogens with one attached hydrogen (secondary N) is 1. The Bertz CT molecular complexity index is 781. The van der Waals surface area contributed by atoms with Gasteiger partial charge in [0.05, 0.1) is 11.1 Å². The molecule has 1 aliphatic carbocycles. The quantitative estimate of drug-likeness (QED) is 0.777. The Kier molecular flexibility index (Phi) is 2.75. The number of thiazole rings is 1. The van der Waals surface area contributed by atoms with Crippen LogP contribution in [0.25, 0.3) is 10.2 Å². The van der Waals surface area contributed by atoms with E-state index in [-0.39, 0.29) is 0 Å². The molecule has 0 aromatic carbocycles. The van der Waals surface area contributed by atoms with Gasteiger partial charge in [-0.15, -0.1) is 22.7 Å². The van der Waals surface area contributed by atoms with Crippen molar-refractivity contribution in [3.8, 4) is 0 Å². The number of fused-ring (bicyclic) bond motifs is 2. The van der Waals surface area contributed by atoms with E-state index in [1.54, 1.807) is 29.0 Å². The smallest absolute Gasteiger partial charge is 0.188 e. The Morgan fingerprint density at radius 2 is 2.05 bits per heavy atom. The predicted molar refractivity (Wildman–Crippen MR) is 84.3 cm³/mol. The molecule has 3 heterocycles. The molecule has 0 amide bonds. The first kappa shape index (κ1) is 12.2. The molecule has 0 atom stereocenters. The van der Waals surface area contributed by atoms with Gasteiger partial charge in [0, 0.05) is 9.75 Å². The Balaban J connectivity index is 1.78. The minimum Gasteiger partial charge on any atom is -0.316 e. The minimum atomic E-state index is 0.879. The van der Waals surface area contributed by atoms with Crippen molar-refractivity contribution in [3.63, 3.8) is 0 Å². The van der Waals surface area contributed by atoms with Crippen molar-refractivity contribution >= 4 is 43.8 Å². The maximum Gasteiger partial charge on any atom is 0.188 e. The molecular weight excluding hydrogens is 288 g/mol. The molecule has 0 saturated carbocycles. The fraction of sp³-hybridized carbons (Fsp3) is 0.357. The van der Waals surface area contributed by atoms with Crippen LogP contribution in [0.15, 0.2) is 6.33 Å². The first-order valence-corrected chi connectivity index (χ1v) is 8.32. The highest BCUT2D eigenvalue weighted by molar-refractivity contribution is 7.19. The van der Waals surface area contributed by atoms with Crippen molar-refractivity contribution in [3.05, 3.63) is 27.3 Å². The van der Waals surface area contributed by atoms with Gasteiger partial charge in [-0.25, -0.2) is 15.0 Å². The Labute approximate surface area is 124 Å². The monoisotopic (exact) mass is 302 g/mol. The molecule has 0 radical (unpaired) electrons. The fourth-order valence-corrected chi connectivity index (χ4v) is 4.67. The first-order chi connectivity index (χ1) is 9.72. The third kappa shape index (κ3) is 1.83. The number of nitrogens with zero attached hydrogens (tertiary/aromatic N) is 3. The summed E-state index contributed by atoms with van der Waals surface area (Å²) in [5.41, 5.74) is 2.53. The Morgan fingerprint density at radius 3 is 2.90 bits per heavy atom. The van der Waals surface area contributed by atoms with Crippen LogP contribution in [-0.2, 0) is 12.8 Å². The van der Waals surface area contributed by atoms with Crippen LogP contribution in [0.4, 0.5) is 10.9 Å². The van der Waals surface area contributed by atoms with E-state index in [0.29, 0.717) is 0 Å². The summed E-state index contributed by atoms with van der Waals surface area (Å²) >= 11 is 3.48. The molecule has 4 nitrogen and oxygen atoms in total. The average Bonchev–Trinajstić information content (AvgIpc) is 3.05. The molecule has 6 heteroatoms. The molecule has 1 N–H and O–H groups in total. The Morgan fingerprint density at radius 1 is 1.15 bits per heavy atom. The average molecular weight is 302 g/mol. The number of anilines is 2. The molecule has 20 heavy (non-hydrogen) atoms. The second kappa shape index (κ2) is 4.49. The van der Waals surface area contributed by atoms with Gasteiger partial charge in [0.25, 0.3) is 0 Å². The lowest BCUT2D eigenvalue weighted by molar-refractivity contribution is 0.900. The molecule has 0 fully saturated rings. The highest BCUT2D eigenvalue weighted by Gasteiger charge is 2.18. The van der Waals surface area contributed by atoms with Gasteiger partial charge in [-0.1, -0.05) is 0 Å². The molecule has 0 aliphatic heterocycles. The molecule has 1 aliphatic rings. The van der Waals surface area contributed by atoms with Crippen LogP contribution in [0, 0.1) is 13.8 Å². The van der Waals surface area contributed by atoms with Crippen molar-refractivity contribution in [1.82, 2.24) is 15.0 Å². The molecule has 0 saturated heterocycles. The highest BCUT2D eigenvalue weighted by Crippen LogP contribution is 2.36. The summed E-state index contributed by atoms with van der Waals surface area (Å²) in [7, 11) is 0. The zero-order valence-corrected chi connectivity index (χ0v) is 13.0. The lowest BCUT2D eigenvalue weighted by Gasteiger charge is -2.04. The van der Waals surface area contributed by atoms with E-state index >= 15 is 0 Å². The van der Waals surface area contributed by atoms with Crippen LogP contribution in [-0.4, -0.2) is 15.0 Å². The number of aryl methyl sites for hydroxylation is 4. The van der Waals surface area contributed by atoms with E-state index in [9.17, 15) is 0 Å². The van der Waals surface area contributed by atoms with Crippen LogP contribution in [0.3, 0.4) is 0 Å². The van der Waals surface area contributed by atoms with Gasteiger partial charge in [0.2, 0.25) is 0 Å². The summed E-state index contributed by atoms with van der Waals surface area (Å²) in [6, 6.07) is 0. The lowest BCUT2D eigenvalue weighted by Crippen LogP contribution is -1.95. The van der Waals surface area contributed by atoms with Crippen molar-refractivity contribution in [2.45, 2.75) is 33.1 Å². The van der Waals surface area contributed by atoms with Crippen molar-refractivity contribution in [2.75, 3.05) is 5.32 Å². The van der Waals surface area contributed by atoms with E-state index in [1.165, 1.54) is 33.9 Å². The van der Waals surface area contributed by atoms with Gasteiger partial charge < -0.3 is 5.32 Å². The molecule has 102 valence electrons. The SMILES string of the molecule is Cc1sc2ncnc(Nc3nc4c(s3)CCC4)c2c1C. The van der Waals surface area contributed by atoms with Crippen molar-refractivity contribution in [2.24, 2.45) is 0 Å². The van der Waals surface area contributed by atoms with E-state index in [0.717, 1.165) is 27.6 Å². The van der Waals surface area contributed by atoms with Crippen LogP contribution < -0.4 is 5.32 Å². The van der Waals surface area contributed by atoms with Gasteiger partial charge in [0.1, 0.15) is 17.0 Å². The first-order valence-electron chi connectivity index (χ1n) is 6.68. The summed E-state index contributed by atoms with van der Waals surface area (Å²) in [5, 5.41) is 5.48. The molecule has 3 aromatic rings. The van der Waals surface area contributed by atoms with E-state index in [4.69, 9.17) is 0 Å². The van der Waals surface area contributed by atoms with Gasteiger partial charge in [-0.2, -0.15) is 0 Å². The third-order valence-corrected chi connectivity index (χ3v) is 5.97. The number of hydrogen-bond donors (Lipinski definition) is 1. The zero-order valence-electron chi connectivity index (χ0n) is 11.4. The number of rotatable bonds is 2. The molecule has 0 unspecified atom stereocenters. The minimum absolute atomic E-state index is 0.879. The maximum atomic E-state index is 4.68. The molecular formula is C14H14N4S2. The third-order valence-electron chi connectivity index (χ3n) is 3.79. The zero-order chi connectivity index (χ0) is 13.7. The van der Waals surface area contributed by atoms with Crippen LogP contribution in [0.1, 0.15) is 27.4 Å².